The third-order valence-corrected chi connectivity index (χ3v) is 2.04. The highest BCUT2D eigenvalue weighted by Gasteiger charge is 2.27. The first-order valence-electron chi connectivity index (χ1n) is 5.06. The number of hydrogen-bond donors (Lipinski definition) is 2. The third kappa shape index (κ3) is 3.05. The highest BCUT2D eigenvalue weighted by Crippen LogP contribution is 2.22. The molecule has 4 heteroatoms. The molecule has 0 heterocycles. The van der Waals surface area contributed by atoms with Crippen molar-refractivity contribution in [1.29, 1.82) is 0 Å². The molecule has 1 aromatic rings. The van der Waals surface area contributed by atoms with Gasteiger partial charge in [-0.2, -0.15) is 0 Å². The van der Waals surface area contributed by atoms with Crippen LogP contribution < -0.4 is 4.74 Å². The lowest BCUT2D eigenvalue weighted by Crippen LogP contribution is -2.31. The van der Waals surface area contributed by atoms with Gasteiger partial charge in [-0.15, -0.1) is 0 Å². The summed E-state index contributed by atoms with van der Waals surface area (Å²) in [6.45, 7) is 2.86. The van der Waals surface area contributed by atoms with Gasteiger partial charge in [-0.3, -0.25) is 4.79 Å². The highest BCUT2D eigenvalue weighted by molar-refractivity contribution is 6.03. The zero-order valence-electron chi connectivity index (χ0n) is 9.43. The summed E-state index contributed by atoms with van der Waals surface area (Å²) in [6.07, 6.45) is 0. The highest BCUT2D eigenvalue weighted by atomic mass is 16.5. The Morgan fingerprint density at radius 1 is 1.38 bits per heavy atom. The monoisotopic (exact) mass is 224 g/mol. The topological polar surface area (TPSA) is 66.8 Å². The SMILES string of the molecule is CC(C)(O)C(=O)c1ccccc1OCCO. The number of para-hydroxylation sites is 1. The number of rotatable bonds is 5. The van der Waals surface area contributed by atoms with Crippen molar-refractivity contribution < 1.29 is 19.7 Å². The van der Waals surface area contributed by atoms with Crippen LogP contribution in [0.25, 0.3) is 0 Å². The minimum atomic E-state index is -1.43. The first kappa shape index (κ1) is 12.7. The van der Waals surface area contributed by atoms with Gasteiger partial charge in [0.1, 0.15) is 18.0 Å². The first-order valence-corrected chi connectivity index (χ1v) is 5.06. The molecule has 0 bridgehead atoms. The van der Waals surface area contributed by atoms with Gasteiger partial charge >= 0.3 is 0 Å². The van der Waals surface area contributed by atoms with Gasteiger partial charge in [-0.05, 0) is 26.0 Å². The maximum atomic E-state index is 11.9. The van der Waals surface area contributed by atoms with Crippen molar-refractivity contribution in [3.8, 4) is 5.75 Å². The molecule has 2 N–H and O–H groups in total. The van der Waals surface area contributed by atoms with Gasteiger partial charge in [0.25, 0.3) is 0 Å². The van der Waals surface area contributed by atoms with E-state index in [1.807, 2.05) is 0 Å². The average Bonchev–Trinajstić information content (AvgIpc) is 2.24. The van der Waals surface area contributed by atoms with Crippen molar-refractivity contribution in [2.75, 3.05) is 13.2 Å². The molecule has 0 aliphatic heterocycles. The van der Waals surface area contributed by atoms with Crippen LogP contribution in [0.2, 0.25) is 0 Å². The smallest absolute Gasteiger partial charge is 0.197 e. The number of Topliss-reactive ketones (excluding diaryl/α,β-unsaturated/α-hetero) is 1. The molecule has 0 saturated heterocycles. The second-order valence-corrected chi connectivity index (χ2v) is 3.96. The van der Waals surface area contributed by atoms with Crippen LogP contribution in [0.3, 0.4) is 0 Å². The van der Waals surface area contributed by atoms with E-state index in [9.17, 15) is 9.90 Å². The maximum Gasteiger partial charge on any atom is 0.197 e. The van der Waals surface area contributed by atoms with E-state index >= 15 is 0 Å². The number of benzene rings is 1. The van der Waals surface area contributed by atoms with Crippen molar-refractivity contribution in [1.82, 2.24) is 0 Å². The van der Waals surface area contributed by atoms with Crippen molar-refractivity contribution in [2.24, 2.45) is 0 Å². The van der Waals surface area contributed by atoms with Crippen LogP contribution in [-0.2, 0) is 0 Å². The summed E-state index contributed by atoms with van der Waals surface area (Å²) in [5.41, 5.74) is -1.11. The van der Waals surface area contributed by atoms with Crippen LogP contribution in [0.4, 0.5) is 0 Å². The van der Waals surface area contributed by atoms with E-state index in [1.165, 1.54) is 13.8 Å². The number of carbonyl (C=O) groups excluding carboxylic acids is 1. The number of aliphatic hydroxyl groups is 2. The summed E-state index contributed by atoms with van der Waals surface area (Å²) in [6, 6.07) is 6.65. The van der Waals surface area contributed by atoms with E-state index in [2.05, 4.69) is 0 Å². The minimum Gasteiger partial charge on any atom is -0.490 e. The number of ketones is 1. The Balaban J connectivity index is 2.99. The molecule has 0 fully saturated rings. The second kappa shape index (κ2) is 5.09. The third-order valence-electron chi connectivity index (χ3n) is 2.04. The van der Waals surface area contributed by atoms with Crippen LogP contribution >= 0.6 is 0 Å². The van der Waals surface area contributed by atoms with Crippen molar-refractivity contribution in [3.05, 3.63) is 29.8 Å². The molecule has 0 aromatic heterocycles. The second-order valence-electron chi connectivity index (χ2n) is 3.96. The van der Waals surface area contributed by atoms with Crippen molar-refractivity contribution in [2.45, 2.75) is 19.4 Å². The summed E-state index contributed by atoms with van der Waals surface area (Å²) < 4.78 is 5.22. The van der Waals surface area contributed by atoms with E-state index in [1.54, 1.807) is 24.3 Å². The Kier molecular flexibility index (Phi) is 4.04. The molecule has 0 aliphatic rings. The number of ether oxygens (including phenoxy) is 1. The molecular formula is C12H16O4. The van der Waals surface area contributed by atoms with E-state index in [-0.39, 0.29) is 13.2 Å². The quantitative estimate of drug-likeness (QED) is 0.732. The van der Waals surface area contributed by atoms with E-state index in [4.69, 9.17) is 9.84 Å². The molecule has 0 saturated carbocycles. The van der Waals surface area contributed by atoms with Crippen LogP contribution in [0.15, 0.2) is 24.3 Å². The molecule has 4 nitrogen and oxygen atoms in total. The lowest BCUT2D eigenvalue weighted by atomic mass is 9.96. The standard InChI is InChI=1S/C12H16O4/c1-12(2,15)11(14)9-5-3-4-6-10(9)16-8-7-13/h3-6,13,15H,7-8H2,1-2H3. The van der Waals surface area contributed by atoms with E-state index in [0.717, 1.165) is 0 Å². The van der Waals surface area contributed by atoms with Gasteiger partial charge < -0.3 is 14.9 Å². The minimum absolute atomic E-state index is 0.120. The first-order chi connectivity index (χ1) is 7.46. The van der Waals surface area contributed by atoms with E-state index < -0.39 is 11.4 Å². The lowest BCUT2D eigenvalue weighted by Gasteiger charge is -2.17. The Bertz CT molecular complexity index is 366. The van der Waals surface area contributed by atoms with Crippen LogP contribution in [0, 0.1) is 0 Å². The lowest BCUT2D eigenvalue weighted by molar-refractivity contribution is 0.0483. The summed E-state index contributed by atoms with van der Waals surface area (Å²) in [4.78, 5) is 11.9. The van der Waals surface area contributed by atoms with Gasteiger partial charge in [0.05, 0.1) is 12.2 Å². The number of aliphatic hydroxyl groups excluding tert-OH is 1. The molecule has 1 aromatic carbocycles. The maximum absolute atomic E-state index is 11.9. The molecule has 0 unspecified atom stereocenters. The van der Waals surface area contributed by atoms with Gasteiger partial charge in [0.2, 0.25) is 0 Å². The fraction of sp³-hybridized carbons (Fsp3) is 0.417. The molecule has 1 rings (SSSR count). The Hall–Kier alpha value is -1.39. The number of hydrogen-bond acceptors (Lipinski definition) is 4. The summed E-state index contributed by atoms with van der Waals surface area (Å²) in [5.74, 6) is -0.0234. The Morgan fingerprint density at radius 3 is 2.56 bits per heavy atom. The van der Waals surface area contributed by atoms with Gasteiger partial charge in [-0.1, -0.05) is 12.1 Å². The van der Waals surface area contributed by atoms with Crippen LogP contribution in [-0.4, -0.2) is 34.8 Å². The molecule has 0 spiro atoms. The molecule has 0 radical (unpaired) electrons. The molecule has 88 valence electrons. The predicted molar refractivity (Wildman–Crippen MR) is 59.7 cm³/mol. The Labute approximate surface area is 94.5 Å². The zero-order chi connectivity index (χ0) is 12.2. The zero-order valence-corrected chi connectivity index (χ0v) is 9.43. The molecule has 0 amide bonds. The Morgan fingerprint density at radius 2 is 2.00 bits per heavy atom. The average molecular weight is 224 g/mol. The summed E-state index contributed by atoms with van der Waals surface area (Å²) in [7, 11) is 0. The van der Waals surface area contributed by atoms with Crippen molar-refractivity contribution >= 4 is 5.78 Å². The molecule has 0 aliphatic carbocycles. The fourth-order valence-electron chi connectivity index (χ4n) is 1.27. The van der Waals surface area contributed by atoms with Gasteiger partial charge in [-0.25, -0.2) is 0 Å². The molecule has 16 heavy (non-hydrogen) atoms. The van der Waals surface area contributed by atoms with Crippen LogP contribution in [0.5, 0.6) is 5.75 Å². The molecular weight excluding hydrogens is 208 g/mol. The van der Waals surface area contributed by atoms with Gasteiger partial charge in [0, 0.05) is 0 Å². The van der Waals surface area contributed by atoms with Crippen molar-refractivity contribution in [3.63, 3.8) is 0 Å². The summed E-state index contributed by atoms with van der Waals surface area (Å²) >= 11 is 0. The van der Waals surface area contributed by atoms with E-state index in [0.29, 0.717) is 11.3 Å². The number of carbonyl (C=O) groups is 1. The largest absolute Gasteiger partial charge is 0.490 e. The molecule has 0 atom stereocenters. The van der Waals surface area contributed by atoms with Crippen LogP contribution in [0.1, 0.15) is 24.2 Å². The predicted octanol–water partition coefficient (Wildman–Crippen LogP) is 1.01. The van der Waals surface area contributed by atoms with Gasteiger partial charge in [0.15, 0.2) is 5.78 Å². The normalized spacial score (nSPS) is 11.2. The summed E-state index contributed by atoms with van der Waals surface area (Å²) in [5, 5.41) is 18.3. The fourth-order valence-corrected chi connectivity index (χ4v) is 1.27.